The predicted molar refractivity (Wildman–Crippen MR) is 87.9 cm³/mol. The molecule has 9 heteroatoms. The molecule has 0 saturated carbocycles. The summed E-state index contributed by atoms with van der Waals surface area (Å²) in [7, 11) is 1.87. The lowest BCUT2D eigenvalue weighted by Crippen LogP contribution is -2.42. The van der Waals surface area contributed by atoms with Gasteiger partial charge in [0.15, 0.2) is 0 Å². The van der Waals surface area contributed by atoms with Crippen molar-refractivity contribution in [2.45, 2.75) is 32.2 Å². The van der Waals surface area contributed by atoms with E-state index in [2.05, 4.69) is 15.5 Å². The van der Waals surface area contributed by atoms with E-state index in [1.807, 2.05) is 11.6 Å². The smallest absolute Gasteiger partial charge is 0.224 e. The van der Waals surface area contributed by atoms with Crippen LogP contribution in [-0.2, 0) is 23.1 Å². The van der Waals surface area contributed by atoms with Gasteiger partial charge in [0.1, 0.15) is 12.2 Å². The molecule has 1 aromatic rings. The van der Waals surface area contributed by atoms with Gasteiger partial charge in [-0.2, -0.15) is 0 Å². The first-order valence-electron chi connectivity index (χ1n) is 7.59. The van der Waals surface area contributed by atoms with E-state index >= 15 is 0 Å². The third-order valence-corrected chi connectivity index (χ3v) is 4.05. The molecule has 0 radical (unpaired) electrons. The summed E-state index contributed by atoms with van der Waals surface area (Å²) in [5.74, 6) is 0.572. The lowest BCUT2D eigenvalue weighted by molar-refractivity contribution is -0.131. The maximum atomic E-state index is 12.3. The highest BCUT2D eigenvalue weighted by atomic mass is 35.5. The van der Waals surface area contributed by atoms with Crippen LogP contribution >= 0.6 is 12.4 Å². The maximum absolute atomic E-state index is 12.3. The first-order chi connectivity index (χ1) is 10.5. The van der Waals surface area contributed by atoms with Crippen LogP contribution in [0.3, 0.4) is 0 Å². The number of amides is 2. The van der Waals surface area contributed by atoms with Gasteiger partial charge in [0, 0.05) is 46.1 Å². The van der Waals surface area contributed by atoms with Gasteiger partial charge in [0.25, 0.3) is 0 Å². The zero-order valence-corrected chi connectivity index (χ0v) is 14.4. The summed E-state index contributed by atoms with van der Waals surface area (Å²) in [5.41, 5.74) is 5.96. The second kappa shape index (κ2) is 8.83. The highest BCUT2D eigenvalue weighted by molar-refractivity contribution is 5.85. The quantitative estimate of drug-likeness (QED) is 0.764. The van der Waals surface area contributed by atoms with Crippen molar-refractivity contribution in [3.63, 3.8) is 0 Å². The van der Waals surface area contributed by atoms with E-state index in [0.717, 1.165) is 12.2 Å². The Kier molecular flexibility index (Phi) is 7.44. The van der Waals surface area contributed by atoms with Crippen molar-refractivity contribution in [2.75, 3.05) is 19.6 Å². The van der Waals surface area contributed by atoms with Gasteiger partial charge in [-0.05, 0) is 12.8 Å². The topological polar surface area (TPSA) is 106 Å². The molecule has 2 atom stereocenters. The van der Waals surface area contributed by atoms with E-state index < -0.39 is 0 Å². The Hall–Kier alpha value is -1.67. The molecule has 0 unspecified atom stereocenters. The summed E-state index contributed by atoms with van der Waals surface area (Å²) in [4.78, 5) is 25.6. The molecule has 2 heterocycles. The second-order valence-electron chi connectivity index (χ2n) is 5.86. The summed E-state index contributed by atoms with van der Waals surface area (Å²) in [6, 6.07) is -0.0552. The van der Waals surface area contributed by atoms with E-state index in [9.17, 15) is 9.59 Å². The Morgan fingerprint density at radius 3 is 2.74 bits per heavy atom. The number of rotatable bonds is 4. The minimum Gasteiger partial charge on any atom is -0.355 e. The zero-order chi connectivity index (χ0) is 16.1. The molecule has 1 aromatic heterocycles. The van der Waals surface area contributed by atoms with Gasteiger partial charge in [-0.15, -0.1) is 22.6 Å². The van der Waals surface area contributed by atoms with Crippen LogP contribution in [0, 0.1) is 5.92 Å². The molecule has 0 aliphatic carbocycles. The summed E-state index contributed by atoms with van der Waals surface area (Å²) < 4.78 is 1.83. The number of likely N-dealkylation sites (tertiary alicyclic amines) is 1. The number of hydrogen-bond donors (Lipinski definition) is 2. The number of halogens is 1. The maximum Gasteiger partial charge on any atom is 0.224 e. The molecule has 0 aromatic carbocycles. The van der Waals surface area contributed by atoms with Crippen molar-refractivity contribution in [1.82, 2.24) is 25.0 Å². The highest BCUT2D eigenvalue weighted by Gasteiger charge is 2.28. The number of hydrogen-bond acceptors (Lipinski definition) is 5. The van der Waals surface area contributed by atoms with Crippen LogP contribution in [-0.4, -0.2) is 57.2 Å². The molecule has 2 amide bonds. The number of carbonyl (C=O) groups is 2. The molecule has 130 valence electrons. The number of aromatic nitrogens is 3. The van der Waals surface area contributed by atoms with Crippen molar-refractivity contribution in [1.29, 1.82) is 0 Å². The molecule has 8 nitrogen and oxygen atoms in total. The van der Waals surface area contributed by atoms with E-state index in [-0.39, 0.29) is 36.2 Å². The summed E-state index contributed by atoms with van der Waals surface area (Å²) in [6.45, 7) is 2.99. The van der Waals surface area contributed by atoms with E-state index in [0.29, 0.717) is 32.5 Å². The van der Waals surface area contributed by atoms with Gasteiger partial charge in [0.2, 0.25) is 11.8 Å². The number of carbonyl (C=O) groups excluding carboxylic acids is 2. The van der Waals surface area contributed by atoms with Crippen LogP contribution in [0.5, 0.6) is 0 Å². The van der Waals surface area contributed by atoms with Gasteiger partial charge in [-0.1, -0.05) is 0 Å². The number of nitrogens with two attached hydrogens (primary N) is 1. The third kappa shape index (κ3) is 5.47. The van der Waals surface area contributed by atoms with E-state index in [1.165, 1.54) is 6.92 Å². The predicted octanol–water partition coefficient (Wildman–Crippen LogP) is -0.519. The Morgan fingerprint density at radius 1 is 1.39 bits per heavy atom. The minimum atomic E-state index is -0.197. The molecule has 2 rings (SSSR count). The summed E-state index contributed by atoms with van der Waals surface area (Å²) in [6.07, 6.45) is 3.73. The largest absolute Gasteiger partial charge is 0.355 e. The van der Waals surface area contributed by atoms with Crippen LogP contribution in [0.1, 0.15) is 25.6 Å². The monoisotopic (exact) mass is 344 g/mol. The highest BCUT2D eigenvalue weighted by Crippen LogP contribution is 2.16. The molecular formula is C14H25ClN6O2. The lowest BCUT2D eigenvalue weighted by atomic mass is 10.0. The first kappa shape index (κ1) is 19.4. The van der Waals surface area contributed by atoms with Gasteiger partial charge in [0.05, 0.1) is 5.92 Å². The molecule has 0 bridgehead atoms. The molecule has 1 aliphatic heterocycles. The van der Waals surface area contributed by atoms with Crippen LogP contribution < -0.4 is 11.1 Å². The van der Waals surface area contributed by atoms with Gasteiger partial charge < -0.3 is 20.5 Å². The average Bonchev–Trinajstić information content (AvgIpc) is 2.76. The van der Waals surface area contributed by atoms with Crippen molar-refractivity contribution in [3.05, 3.63) is 12.2 Å². The van der Waals surface area contributed by atoms with Crippen molar-refractivity contribution >= 4 is 24.2 Å². The zero-order valence-electron chi connectivity index (χ0n) is 13.6. The standard InChI is InChI=1S/C14H24N6O2.ClH/c1-10(21)20-7-11(3-4-12(15)8-20)14(22)16-6-5-13-18-17-9-19(13)2;/h9,11-12H,3-8,15H2,1-2H3,(H,16,22);1H/t11-,12+;/m1./s1. The van der Waals surface area contributed by atoms with Crippen molar-refractivity contribution in [3.8, 4) is 0 Å². The fourth-order valence-corrected chi connectivity index (χ4v) is 2.67. The number of nitrogens with one attached hydrogen (secondary N) is 1. The molecular weight excluding hydrogens is 320 g/mol. The first-order valence-corrected chi connectivity index (χ1v) is 7.59. The van der Waals surface area contributed by atoms with E-state index in [1.54, 1.807) is 11.2 Å². The fourth-order valence-electron chi connectivity index (χ4n) is 2.67. The second-order valence-corrected chi connectivity index (χ2v) is 5.86. The van der Waals surface area contributed by atoms with Gasteiger partial charge >= 0.3 is 0 Å². The Bertz CT molecular complexity index is 535. The normalized spacial score (nSPS) is 21.3. The molecule has 1 saturated heterocycles. The van der Waals surface area contributed by atoms with Crippen LogP contribution in [0.2, 0.25) is 0 Å². The molecule has 1 aliphatic rings. The third-order valence-electron chi connectivity index (χ3n) is 4.05. The summed E-state index contributed by atoms with van der Waals surface area (Å²) >= 11 is 0. The molecule has 0 spiro atoms. The average molecular weight is 345 g/mol. The van der Waals surface area contributed by atoms with Gasteiger partial charge in [-0.25, -0.2) is 0 Å². The molecule has 23 heavy (non-hydrogen) atoms. The molecule has 1 fully saturated rings. The lowest BCUT2D eigenvalue weighted by Gasteiger charge is -2.23. The molecule has 3 N–H and O–H groups in total. The van der Waals surface area contributed by atoms with Crippen LogP contribution in [0.15, 0.2) is 6.33 Å². The minimum absolute atomic E-state index is 0. The van der Waals surface area contributed by atoms with Crippen molar-refractivity contribution < 1.29 is 9.59 Å². The summed E-state index contributed by atoms with van der Waals surface area (Å²) in [5, 5.41) is 10.7. The fraction of sp³-hybridized carbons (Fsp3) is 0.714. The van der Waals surface area contributed by atoms with Crippen LogP contribution in [0.25, 0.3) is 0 Å². The number of aryl methyl sites for hydroxylation is 1. The number of nitrogens with zero attached hydrogens (tertiary/aromatic N) is 4. The SMILES string of the molecule is CC(=O)N1C[C@@H](N)CC[C@@H](C(=O)NCCc2nncn2C)C1.Cl. The van der Waals surface area contributed by atoms with Gasteiger partial charge in [-0.3, -0.25) is 9.59 Å². The van der Waals surface area contributed by atoms with Crippen LogP contribution in [0.4, 0.5) is 0 Å². The Balaban J connectivity index is 0.00000264. The van der Waals surface area contributed by atoms with Crippen molar-refractivity contribution in [2.24, 2.45) is 18.7 Å². The Morgan fingerprint density at radius 2 is 2.13 bits per heavy atom. The Labute approximate surface area is 142 Å². The van der Waals surface area contributed by atoms with E-state index in [4.69, 9.17) is 5.73 Å².